The average Bonchev–Trinajstić information content (AvgIpc) is 3.03. The summed E-state index contributed by atoms with van der Waals surface area (Å²) in [4.78, 5) is 11.1. The van der Waals surface area contributed by atoms with Crippen molar-refractivity contribution in [2.45, 2.75) is 6.54 Å². The molecule has 5 heteroatoms. The van der Waals surface area contributed by atoms with Crippen LogP contribution in [-0.2, 0) is 11.3 Å². The lowest BCUT2D eigenvalue weighted by molar-refractivity contribution is -0.132. The van der Waals surface area contributed by atoms with Crippen molar-refractivity contribution in [2.24, 2.45) is 0 Å². The Bertz CT molecular complexity index is 1010. The van der Waals surface area contributed by atoms with Crippen LogP contribution < -0.4 is 0 Å². The predicted octanol–water partition coefficient (Wildman–Crippen LogP) is 4.33. The number of nitriles is 1. The van der Waals surface area contributed by atoms with Gasteiger partial charge in [-0.1, -0.05) is 42.5 Å². The molecule has 1 heterocycles. The Morgan fingerprint density at radius 3 is 2.50 bits per heavy atom. The van der Waals surface area contributed by atoms with Crippen LogP contribution in [0.15, 0.2) is 72.4 Å². The molecule has 0 saturated carbocycles. The topological polar surface area (TPSA) is 66.0 Å². The molecular weight excluding hydrogens is 331 g/mol. The summed E-state index contributed by atoms with van der Waals surface area (Å²) in [5, 5.41) is 18.0. The van der Waals surface area contributed by atoms with E-state index >= 15 is 0 Å². The number of aliphatic carboxylic acids is 1. The first-order valence-electron chi connectivity index (χ1n) is 7.92. The van der Waals surface area contributed by atoms with E-state index in [1.807, 2.05) is 34.9 Å². The van der Waals surface area contributed by atoms with Gasteiger partial charge < -0.3 is 9.67 Å². The van der Waals surface area contributed by atoms with Crippen molar-refractivity contribution in [2.75, 3.05) is 0 Å². The molecule has 1 N–H and O–H groups in total. The summed E-state index contributed by atoms with van der Waals surface area (Å²) < 4.78 is 16.1. The van der Waals surface area contributed by atoms with Crippen LogP contribution in [0.4, 0.5) is 4.39 Å². The lowest BCUT2D eigenvalue weighted by Crippen LogP contribution is -2.01. The van der Waals surface area contributed by atoms with Crippen LogP contribution >= 0.6 is 0 Å². The van der Waals surface area contributed by atoms with Crippen molar-refractivity contribution in [3.8, 4) is 17.3 Å². The highest BCUT2D eigenvalue weighted by atomic mass is 19.1. The van der Waals surface area contributed by atoms with Crippen molar-refractivity contribution in [1.29, 1.82) is 5.26 Å². The molecule has 0 radical (unpaired) electrons. The Kier molecular flexibility index (Phi) is 4.95. The quantitative estimate of drug-likeness (QED) is 0.552. The number of nitrogens with zero attached hydrogens (tertiary/aromatic N) is 2. The van der Waals surface area contributed by atoms with Gasteiger partial charge in [0.1, 0.15) is 17.5 Å². The Balaban J connectivity index is 2.10. The van der Waals surface area contributed by atoms with E-state index in [1.165, 1.54) is 12.1 Å². The van der Waals surface area contributed by atoms with Crippen molar-refractivity contribution in [3.05, 3.63) is 89.4 Å². The number of carboxylic acids is 1. The summed E-state index contributed by atoms with van der Waals surface area (Å²) >= 11 is 0. The molecule has 0 amide bonds. The highest BCUT2D eigenvalue weighted by molar-refractivity contribution is 5.96. The highest BCUT2D eigenvalue weighted by Gasteiger charge is 2.13. The van der Waals surface area contributed by atoms with E-state index in [9.17, 15) is 9.18 Å². The summed E-state index contributed by atoms with van der Waals surface area (Å²) in [7, 11) is 0. The minimum absolute atomic E-state index is 0.366. The van der Waals surface area contributed by atoms with Crippen LogP contribution in [-0.4, -0.2) is 15.6 Å². The number of halogens is 1. The Hall–Kier alpha value is -3.65. The molecule has 0 saturated heterocycles. The monoisotopic (exact) mass is 346 g/mol. The number of rotatable bonds is 5. The third-order valence-electron chi connectivity index (χ3n) is 3.93. The lowest BCUT2D eigenvalue weighted by Gasteiger charge is -2.10. The summed E-state index contributed by atoms with van der Waals surface area (Å²) in [5.41, 5.74) is 2.20. The number of benzene rings is 2. The maximum atomic E-state index is 14.3. The molecule has 0 aliphatic rings. The molecule has 128 valence electrons. The first-order chi connectivity index (χ1) is 12.6. The Morgan fingerprint density at radius 2 is 1.85 bits per heavy atom. The predicted molar refractivity (Wildman–Crippen MR) is 96.6 cm³/mol. The van der Waals surface area contributed by atoms with Crippen molar-refractivity contribution in [3.63, 3.8) is 0 Å². The Labute approximate surface area is 150 Å². The van der Waals surface area contributed by atoms with E-state index in [2.05, 4.69) is 0 Å². The molecule has 0 aliphatic carbocycles. The van der Waals surface area contributed by atoms with E-state index in [1.54, 1.807) is 36.5 Å². The first kappa shape index (κ1) is 17.2. The van der Waals surface area contributed by atoms with Crippen molar-refractivity contribution < 1.29 is 14.3 Å². The van der Waals surface area contributed by atoms with Gasteiger partial charge in [-0.3, -0.25) is 0 Å². The van der Waals surface area contributed by atoms with Gasteiger partial charge >= 0.3 is 5.97 Å². The van der Waals surface area contributed by atoms with Crippen LogP contribution in [0.1, 0.15) is 11.1 Å². The van der Waals surface area contributed by atoms with E-state index in [0.717, 1.165) is 5.56 Å². The second-order valence-electron chi connectivity index (χ2n) is 5.73. The van der Waals surface area contributed by atoms with Gasteiger partial charge in [0, 0.05) is 18.3 Å². The normalized spacial score (nSPS) is 11.2. The number of hydrogen-bond donors (Lipinski definition) is 1. The average molecular weight is 346 g/mol. The van der Waals surface area contributed by atoms with Gasteiger partial charge in [0.05, 0.1) is 5.69 Å². The molecule has 0 spiro atoms. The molecule has 3 aromatic rings. The van der Waals surface area contributed by atoms with Gasteiger partial charge in [-0.05, 0) is 35.4 Å². The second-order valence-corrected chi connectivity index (χ2v) is 5.73. The number of carboxylic acid groups (broad SMARTS) is 1. The summed E-state index contributed by atoms with van der Waals surface area (Å²) in [6, 6.07) is 19.4. The van der Waals surface area contributed by atoms with Gasteiger partial charge in [0.2, 0.25) is 0 Å². The van der Waals surface area contributed by atoms with Crippen molar-refractivity contribution >= 4 is 12.0 Å². The summed E-state index contributed by atoms with van der Waals surface area (Å²) in [5.74, 6) is -1.66. The third kappa shape index (κ3) is 3.70. The lowest BCUT2D eigenvalue weighted by atomic mass is 10.1. The van der Waals surface area contributed by atoms with Crippen LogP contribution in [0.3, 0.4) is 0 Å². The zero-order chi connectivity index (χ0) is 18.5. The largest absolute Gasteiger partial charge is 0.477 e. The first-order valence-corrected chi connectivity index (χ1v) is 7.92. The van der Waals surface area contributed by atoms with Crippen LogP contribution in [0.5, 0.6) is 0 Å². The zero-order valence-corrected chi connectivity index (χ0v) is 13.8. The van der Waals surface area contributed by atoms with Crippen LogP contribution in [0, 0.1) is 17.1 Å². The van der Waals surface area contributed by atoms with E-state index in [4.69, 9.17) is 10.4 Å². The van der Waals surface area contributed by atoms with Gasteiger partial charge in [0.15, 0.2) is 0 Å². The van der Waals surface area contributed by atoms with Crippen LogP contribution in [0.2, 0.25) is 0 Å². The summed E-state index contributed by atoms with van der Waals surface area (Å²) in [6.45, 7) is 0.493. The molecular formula is C21H15FN2O2. The molecule has 2 aromatic carbocycles. The van der Waals surface area contributed by atoms with Gasteiger partial charge in [0.25, 0.3) is 0 Å². The summed E-state index contributed by atoms with van der Waals surface area (Å²) in [6.07, 6.45) is 3.00. The van der Waals surface area contributed by atoms with Crippen molar-refractivity contribution in [1.82, 2.24) is 4.57 Å². The Morgan fingerprint density at radius 1 is 1.15 bits per heavy atom. The highest BCUT2D eigenvalue weighted by Crippen LogP contribution is 2.27. The SMILES string of the molecule is N#C/C(=C\c1cc(-c2ccccc2F)n(Cc2ccccc2)c1)C(=O)O. The van der Waals surface area contributed by atoms with Crippen LogP contribution in [0.25, 0.3) is 17.3 Å². The molecule has 0 fully saturated rings. The maximum Gasteiger partial charge on any atom is 0.346 e. The second kappa shape index (κ2) is 7.49. The molecule has 0 unspecified atom stereocenters. The fraction of sp³-hybridized carbons (Fsp3) is 0.0476. The van der Waals surface area contributed by atoms with E-state index in [-0.39, 0.29) is 11.4 Å². The fourth-order valence-corrected chi connectivity index (χ4v) is 2.73. The smallest absolute Gasteiger partial charge is 0.346 e. The molecule has 26 heavy (non-hydrogen) atoms. The van der Waals surface area contributed by atoms with E-state index < -0.39 is 5.97 Å². The van der Waals surface area contributed by atoms with Gasteiger partial charge in [-0.2, -0.15) is 5.26 Å². The minimum atomic E-state index is -1.30. The fourth-order valence-electron chi connectivity index (χ4n) is 2.73. The number of hydrogen-bond acceptors (Lipinski definition) is 2. The third-order valence-corrected chi connectivity index (χ3v) is 3.93. The molecule has 0 atom stereocenters. The molecule has 4 nitrogen and oxygen atoms in total. The van der Waals surface area contributed by atoms with Gasteiger partial charge in [-0.15, -0.1) is 0 Å². The molecule has 0 bridgehead atoms. The molecule has 1 aromatic heterocycles. The minimum Gasteiger partial charge on any atom is -0.477 e. The standard InChI is InChI=1S/C21H15FN2O2/c22-19-9-5-4-8-18(19)20-11-16(10-17(12-23)21(25)26)14-24(20)13-15-6-2-1-3-7-15/h1-11,14H,13H2,(H,25,26)/b17-10+. The maximum absolute atomic E-state index is 14.3. The van der Waals surface area contributed by atoms with E-state index in [0.29, 0.717) is 23.4 Å². The molecule has 0 aliphatic heterocycles. The number of carbonyl (C=O) groups is 1. The van der Waals surface area contributed by atoms with Gasteiger partial charge in [-0.25, -0.2) is 9.18 Å². The zero-order valence-electron chi connectivity index (χ0n) is 13.8. The molecule has 3 rings (SSSR count). The number of aromatic nitrogens is 1.